The first-order chi connectivity index (χ1) is 13.5. The number of hydrogen-bond donors (Lipinski definition) is 1. The molecule has 0 bridgehead atoms. The first-order valence-corrected chi connectivity index (χ1v) is 11.1. The molecule has 1 saturated carbocycles. The maximum absolute atomic E-state index is 12.5. The van der Waals surface area contributed by atoms with Crippen LogP contribution in [0, 0.1) is 12.8 Å². The molecule has 2 saturated heterocycles. The number of nitrogens with one attached hydrogen (secondary N) is 1. The Morgan fingerprint density at radius 3 is 2.54 bits per heavy atom. The quantitative estimate of drug-likeness (QED) is 0.844. The van der Waals surface area contributed by atoms with Gasteiger partial charge in [0.1, 0.15) is 11.6 Å². The van der Waals surface area contributed by atoms with Crippen LogP contribution in [0.25, 0.3) is 0 Å². The summed E-state index contributed by atoms with van der Waals surface area (Å²) in [5.41, 5.74) is 1.05. The van der Waals surface area contributed by atoms with Crippen LogP contribution in [-0.4, -0.2) is 59.0 Å². The van der Waals surface area contributed by atoms with E-state index in [4.69, 9.17) is 4.98 Å². The highest BCUT2D eigenvalue weighted by molar-refractivity contribution is 5.79. The van der Waals surface area contributed by atoms with E-state index in [2.05, 4.69) is 46.9 Å². The third-order valence-electron chi connectivity index (χ3n) is 6.43. The number of anilines is 1. The van der Waals surface area contributed by atoms with Gasteiger partial charge in [0.05, 0.1) is 5.92 Å². The number of likely N-dealkylation sites (tertiary alicyclic amines) is 1. The van der Waals surface area contributed by atoms with Gasteiger partial charge in [0, 0.05) is 49.4 Å². The summed E-state index contributed by atoms with van der Waals surface area (Å²) in [6.07, 6.45) is 6.83. The summed E-state index contributed by atoms with van der Waals surface area (Å²) in [4.78, 5) is 26.9. The highest BCUT2D eigenvalue weighted by Gasteiger charge is 2.34. The zero-order chi connectivity index (χ0) is 19.7. The molecule has 1 N–H and O–H groups in total. The van der Waals surface area contributed by atoms with E-state index in [1.165, 1.54) is 12.8 Å². The molecule has 4 rings (SSSR count). The fraction of sp³-hybridized carbons (Fsp3) is 0.773. The zero-order valence-electron chi connectivity index (χ0n) is 17.7. The van der Waals surface area contributed by atoms with Crippen LogP contribution in [0.5, 0.6) is 0 Å². The molecule has 1 atom stereocenters. The molecule has 2 aliphatic heterocycles. The fourth-order valence-electron chi connectivity index (χ4n) is 4.55. The van der Waals surface area contributed by atoms with E-state index >= 15 is 0 Å². The Morgan fingerprint density at radius 1 is 1.11 bits per heavy atom. The van der Waals surface area contributed by atoms with Crippen molar-refractivity contribution in [2.45, 2.75) is 77.3 Å². The summed E-state index contributed by atoms with van der Waals surface area (Å²) in [5, 5.41) is 3.21. The van der Waals surface area contributed by atoms with Gasteiger partial charge in [-0.15, -0.1) is 0 Å². The van der Waals surface area contributed by atoms with Crippen molar-refractivity contribution in [3.8, 4) is 0 Å². The van der Waals surface area contributed by atoms with Crippen LogP contribution in [0.3, 0.4) is 0 Å². The Balaban J connectivity index is 1.33. The summed E-state index contributed by atoms with van der Waals surface area (Å²) >= 11 is 0. The van der Waals surface area contributed by atoms with Crippen LogP contribution in [0.1, 0.15) is 69.8 Å². The van der Waals surface area contributed by atoms with Gasteiger partial charge in [-0.1, -0.05) is 13.8 Å². The largest absolute Gasteiger partial charge is 0.356 e. The molecule has 1 unspecified atom stereocenters. The van der Waals surface area contributed by atoms with E-state index in [1.54, 1.807) is 0 Å². The molecular weight excluding hydrogens is 350 g/mol. The molecule has 1 aromatic heterocycles. The van der Waals surface area contributed by atoms with Gasteiger partial charge < -0.3 is 10.2 Å². The maximum atomic E-state index is 12.5. The lowest BCUT2D eigenvalue weighted by Crippen LogP contribution is -2.51. The van der Waals surface area contributed by atoms with Crippen molar-refractivity contribution in [2.24, 2.45) is 5.92 Å². The molecule has 6 heteroatoms. The predicted octanol–water partition coefficient (Wildman–Crippen LogP) is 2.87. The van der Waals surface area contributed by atoms with Crippen LogP contribution in [-0.2, 0) is 4.79 Å². The molecule has 3 aliphatic rings. The van der Waals surface area contributed by atoms with Gasteiger partial charge in [0.2, 0.25) is 5.91 Å². The Morgan fingerprint density at radius 2 is 1.86 bits per heavy atom. The summed E-state index contributed by atoms with van der Waals surface area (Å²) in [6.45, 7) is 10.5. The Kier molecular flexibility index (Phi) is 5.85. The first kappa shape index (κ1) is 19.6. The van der Waals surface area contributed by atoms with E-state index in [9.17, 15) is 4.79 Å². The number of aryl methyl sites for hydroxylation is 1. The van der Waals surface area contributed by atoms with Crippen molar-refractivity contribution in [1.29, 1.82) is 0 Å². The number of carbonyl (C=O) groups is 1. The highest BCUT2D eigenvalue weighted by Crippen LogP contribution is 2.27. The lowest BCUT2D eigenvalue weighted by molar-refractivity contribution is -0.127. The summed E-state index contributed by atoms with van der Waals surface area (Å²) < 4.78 is 0. The molecule has 154 valence electrons. The maximum Gasteiger partial charge on any atom is 0.224 e. The zero-order valence-corrected chi connectivity index (χ0v) is 17.7. The van der Waals surface area contributed by atoms with Gasteiger partial charge in [-0.25, -0.2) is 9.97 Å². The molecule has 0 radical (unpaired) electrons. The molecule has 28 heavy (non-hydrogen) atoms. The fourth-order valence-corrected chi connectivity index (χ4v) is 4.55. The van der Waals surface area contributed by atoms with Gasteiger partial charge in [0.15, 0.2) is 0 Å². The smallest absolute Gasteiger partial charge is 0.224 e. The monoisotopic (exact) mass is 385 g/mol. The summed E-state index contributed by atoms with van der Waals surface area (Å²) in [7, 11) is 0. The van der Waals surface area contributed by atoms with Crippen molar-refractivity contribution in [2.75, 3.05) is 31.1 Å². The highest BCUT2D eigenvalue weighted by atomic mass is 16.2. The second kappa shape index (κ2) is 8.36. The summed E-state index contributed by atoms with van der Waals surface area (Å²) in [6, 6.07) is 3.18. The van der Waals surface area contributed by atoms with E-state index < -0.39 is 0 Å². The van der Waals surface area contributed by atoms with Gasteiger partial charge in [-0.05, 0) is 52.0 Å². The van der Waals surface area contributed by atoms with Crippen LogP contribution in [0.4, 0.5) is 5.82 Å². The Hall–Kier alpha value is -1.69. The van der Waals surface area contributed by atoms with E-state index in [0.717, 1.165) is 69.2 Å². The number of amides is 1. The molecular formula is C22H35N5O. The van der Waals surface area contributed by atoms with Crippen molar-refractivity contribution in [1.82, 2.24) is 20.2 Å². The van der Waals surface area contributed by atoms with E-state index in [1.807, 2.05) is 0 Å². The lowest BCUT2D eigenvalue weighted by Gasteiger charge is -2.42. The normalized spacial score (nSPS) is 24.6. The molecule has 3 heterocycles. The predicted molar refractivity (Wildman–Crippen MR) is 112 cm³/mol. The number of rotatable bonds is 5. The van der Waals surface area contributed by atoms with Crippen LogP contribution < -0.4 is 10.2 Å². The third-order valence-corrected chi connectivity index (χ3v) is 6.43. The number of hydrogen-bond acceptors (Lipinski definition) is 5. The molecule has 6 nitrogen and oxygen atoms in total. The topological polar surface area (TPSA) is 61.4 Å². The van der Waals surface area contributed by atoms with Crippen molar-refractivity contribution >= 4 is 11.7 Å². The van der Waals surface area contributed by atoms with Crippen molar-refractivity contribution in [3.63, 3.8) is 0 Å². The van der Waals surface area contributed by atoms with Gasteiger partial charge >= 0.3 is 0 Å². The van der Waals surface area contributed by atoms with E-state index in [-0.39, 0.29) is 5.92 Å². The molecule has 1 aliphatic carbocycles. The van der Waals surface area contributed by atoms with Crippen LogP contribution >= 0.6 is 0 Å². The Bertz CT molecular complexity index is 694. The van der Waals surface area contributed by atoms with Crippen molar-refractivity contribution < 1.29 is 4.79 Å². The molecule has 1 amide bonds. The number of piperidine rings is 2. The number of nitrogens with zero attached hydrogens (tertiary/aromatic N) is 4. The van der Waals surface area contributed by atoms with Gasteiger partial charge in [-0.2, -0.15) is 0 Å². The molecule has 0 aromatic carbocycles. The molecule has 3 fully saturated rings. The van der Waals surface area contributed by atoms with Crippen LogP contribution in [0.15, 0.2) is 6.07 Å². The van der Waals surface area contributed by atoms with Gasteiger partial charge in [-0.3, -0.25) is 9.69 Å². The minimum Gasteiger partial charge on any atom is -0.356 e. The lowest BCUT2D eigenvalue weighted by atomic mass is 9.93. The average molecular weight is 386 g/mol. The SMILES string of the molecule is Cc1cc(N2CCC(N3CCCC(C(=O)NC4CC4)C3)CC2)nc(C(C)C)n1. The minimum atomic E-state index is 0.186. The first-order valence-electron chi connectivity index (χ1n) is 11.1. The minimum absolute atomic E-state index is 0.186. The standard InChI is InChI=1S/C22H35N5O/c1-15(2)21-23-16(3)13-20(25-21)26-11-8-19(9-12-26)27-10-4-5-17(14-27)22(28)24-18-6-7-18/h13,15,17-19H,4-12,14H2,1-3H3,(H,24,28). The van der Waals surface area contributed by atoms with Crippen molar-refractivity contribution in [3.05, 3.63) is 17.6 Å². The molecule has 1 aromatic rings. The second-order valence-electron chi connectivity index (χ2n) is 9.22. The number of carbonyl (C=O) groups excluding carboxylic acids is 1. The molecule has 0 spiro atoms. The van der Waals surface area contributed by atoms with Crippen LogP contribution in [0.2, 0.25) is 0 Å². The second-order valence-corrected chi connectivity index (χ2v) is 9.22. The number of aromatic nitrogens is 2. The Labute approximate surface area is 169 Å². The average Bonchev–Trinajstić information content (AvgIpc) is 3.51. The van der Waals surface area contributed by atoms with E-state index in [0.29, 0.717) is 23.9 Å². The van der Waals surface area contributed by atoms with Gasteiger partial charge in [0.25, 0.3) is 0 Å². The summed E-state index contributed by atoms with van der Waals surface area (Å²) in [5.74, 6) is 2.85. The third kappa shape index (κ3) is 4.65.